The first-order valence-corrected chi connectivity index (χ1v) is 11.8. The van der Waals surface area contributed by atoms with Crippen LogP contribution in [0.3, 0.4) is 0 Å². The van der Waals surface area contributed by atoms with Crippen molar-refractivity contribution in [2.24, 2.45) is 0 Å². The second kappa shape index (κ2) is 15.9. The van der Waals surface area contributed by atoms with Gasteiger partial charge in [-0.3, -0.25) is 15.0 Å². The van der Waals surface area contributed by atoms with Crippen LogP contribution in [-0.2, 0) is 20.1 Å². The Morgan fingerprint density at radius 1 is 0.425 bits per heavy atom. The Hall–Kier alpha value is -4.33. The van der Waals surface area contributed by atoms with Gasteiger partial charge in [0.15, 0.2) is 18.5 Å². The Labute approximate surface area is 245 Å². The van der Waals surface area contributed by atoms with Crippen LogP contribution in [0.25, 0.3) is 16.7 Å². The van der Waals surface area contributed by atoms with E-state index in [0.29, 0.717) is 0 Å². The van der Waals surface area contributed by atoms with Crippen molar-refractivity contribution in [2.75, 3.05) is 0 Å². The van der Waals surface area contributed by atoms with E-state index in [4.69, 9.17) is 0 Å². The van der Waals surface area contributed by atoms with Crippen LogP contribution in [0.5, 0.6) is 0 Å². The molecular formula is C33H21F3IrN3. The Bertz CT molecular complexity index is 1350. The van der Waals surface area contributed by atoms with E-state index in [1.165, 1.54) is 36.5 Å². The zero-order valence-electron chi connectivity index (χ0n) is 20.9. The molecule has 0 bridgehead atoms. The fraction of sp³-hybridized carbons (Fsp3) is 0. The summed E-state index contributed by atoms with van der Waals surface area (Å²) in [6, 6.07) is 16.8. The van der Waals surface area contributed by atoms with Crippen LogP contribution < -0.4 is 0 Å². The summed E-state index contributed by atoms with van der Waals surface area (Å²) >= 11 is 0. The van der Waals surface area contributed by atoms with Crippen LogP contribution in [0, 0.1) is 18.5 Å². The minimum Gasteiger partial charge on any atom is -0.256 e. The Morgan fingerprint density at radius 2 is 0.725 bits per heavy atom. The molecule has 3 aromatic heterocycles. The summed E-state index contributed by atoms with van der Waals surface area (Å²) in [5.74, 6) is 0. The van der Waals surface area contributed by atoms with Crippen LogP contribution in [0.1, 0.15) is 17.1 Å². The summed E-state index contributed by atoms with van der Waals surface area (Å²) in [6.07, 6.45) is 17.4. The van der Waals surface area contributed by atoms with Crippen molar-refractivity contribution in [3.63, 3.8) is 0 Å². The van der Waals surface area contributed by atoms with Crippen molar-refractivity contribution < 1.29 is 33.3 Å². The molecule has 3 nitrogen and oxygen atoms in total. The van der Waals surface area contributed by atoms with Gasteiger partial charge >= 0.3 is 0 Å². The van der Waals surface area contributed by atoms with E-state index in [9.17, 15) is 13.2 Å². The van der Waals surface area contributed by atoms with Crippen LogP contribution in [0.4, 0.5) is 13.2 Å². The molecule has 0 aliphatic heterocycles. The number of aromatic nitrogens is 3. The largest absolute Gasteiger partial charge is 0.256 e. The number of rotatable bonds is 3. The maximum absolute atomic E-state index is 12.6. The third kappa shape index (κ3) is 9.45. The van der Waals surface area contributed by atoms with E-state index in [2.05, 4.69) is 32.1 Å². The topological polar surface area (TPSA) is 38.7 Å². The predicted molar refractivity (Wildman–Crippen MR) is 148 cm³/mol. The van der Waals surface area contributed by atoms with Gasteiger partial charge in [-0.15, -0.1) is 17.2 Å². The molecule has 0 aromatic carbocycles. The number of hydrogen-bond acceptors (Lipinski definition) is 3. The third-order valence-electron chi connectivity index (χ3n) is 5.15. The molecule has 0 spiro atoms. The van der Waals surface area contributed by atoms with E-state index in [1.807, 2.05) is 54.6 Å². The van der Waals surface area contributed by atoms with E-state index >= 15 is 0 Å². The standard InChI is InChI=1S/3C11H7FN.Ir/c3*12-10-6-4-9(5-7-10)11-3-1-2-8-13-11;/h3*1-4,6-8H;. The van der Waals surface area contributed by atoms with Crippen molar-refractivity contribution in [3.8, 4) is 0 Å². The summed E-state index contributed by atoms with van der Waals surface area (Å²) in [5, 5.41) is 0. The number of hydrogen-bond donors (Lipinski definition) is 0. The summed E-state index contributed by atoms with van der Waals surface area (Å²) in [5.41, 5.74) is 13.3. The van der Waals surface area contributed by atoms with Crippen molar-refractivity contribution in [1.29, 1.82) is 0 Å². The molecule has 0 saturated carbocycles. The Kier molecular flexibility index (Phi) is 12.0. The molecule has 3 aliphatic carbocycles. The molecule has 40 heavy (non-hydrogen) atoms. The second-order valence-corrected chi connectivity index (χ2v) is 7.91. The maximum Gasteiger partial charge on any atom is 0.196 e. The average Bonchev–Trinajstić information content (AvgIpc) is 3.00. The monoisotopic (exact) mass is 709 g/mol. The minimum atomic E-state index is -0.278. The molecule has 7 heteroatoms. The first-order chi connectivity index (χ1) is 19.1. The summed E-state index contributed by atoms with van der Waals surface area (Å²) in [4.78, 5) is 12.4. The van der Waals surface area contributed by atoms with Gasteiger partial charge in [-0.25, -0.2) is 13.2 Å². The van der Waals surface area contributed by atoms with Gasteiger partial charge in [-0.2, -0.15) is 0 Å². The Morgan fingerprint density at radius 3 is 0.925 bits per heavy atom. The molecule has 0 N–H and O–H groups in total. The van der Waals surface area contributed by atoms with Gasteiger partial charge in [0.25, 0.3) is 0 Å². The van der Waals surface area contributed by atoms with Gasteiger partial charge in [-0.05, 0) is 72.9 Å². The van der Waals surface area contributed by atoms with E-state index in [0.717, 1.165) is 33.8 Å². The van der Waals surface area contributed by atoms with E-state index in [-0.39, 0.29) is 38.6 Å². The summed E-state index contributed by atoms with van der Waals surface area (Å²) in [6.45, 7) is 0. The van der Waals surface area contributed by atoms with Gasteiger partial charge in [0, 0.05) is 73.6 Å². The molecule has 0 unspecified atom stereocenters. The van der Waals surface area contributed by atoms with Gasteiger partial charge in [0.2, 0.25) is 0 Å². The third-order valence-corrected chi connectivity index (χ3v) is 5.15. The van der Waals surface area contributed by atoms with Gasteiger partial charge in [0.05, 0.1) is 17.1 Å². The van der Waals surface area contributed by atoms with Crippen LogP contribution in [0.2, 0.25) is 0 Å². The van der Waals surface area contributed by atoms with Crippen molar-refractivity contribution in [3.05, 3.63) is 181 Å². The molecule has 3 aliphatic rings. The van der Waals surface area contributed by atoms with Gasteiger partial charge in [-0.1, -0.05) is 18.2 Å². The first-order valence-electron chi connectivity index (χ1n) is 11.8. The summed E-state index contributed by atoms with van der Waals surface area (Å²) in [7, 11) is 0. The fourth-order valence-electron chi connectivity index (χ4n) is 3.26. The molecular weight excluding hydrogens is 688 g/mol. The molecule has 0 fully saturated rings. The SMILES string of the molecule is F[C]1C=C=C(c2ccccn2)C=C1.F[C]1C=C=C(c2ccccn2)C=C1.F[C]1C=C=C(c2ccccn2)C=C1.[Ir]. The van der Waals surface area contributed by atoms with Gasteiger partial charge in [0.1, 0.15) is 0 Å². The van der Waals surface area contributed by atoms with Gasteiger partial charge < -0.3 is 0 Å². The molecule has 198 valence electrons. The predicted octanol–water partition coefficient (Wildman–Crippen LogP) is 8.07. The van der Waals surface area contributed by atoms with Crippen molar-refractivity contribution >= 4 is 16.7 Å². The molecule has 3 aromatic rings. The van der Waals surface area contributed by atoms with E-state index in [1.54, 1.807) is 36.8 Å². The van der Waals surface area contributed by atoms with Crippen LogP contribution in [0.15, 0.2) is 145 Å². The van der Waals surface area contributed by atoms with Crippen molar-refractivity contribution in [1.82, 2.24) is 15.0 Å². The molecule has 4 radical (unpaired) electrons. The van der Waals surface area contributed by atoms with Crippen molar-refractivity contribution in [2.45, 2.75) is 0 Å². The number of halogens is 3. The number of nitrogens with zero attached hydrogens (tertiary/aromatic N) is 3. The molecule has 6 rings (SSSR count). The average molecular weight is 709 g/mol. The second-order valence-electron chi connectivity index (χ2n) is 7.91. The minimum absolute atomic E-state index is 0. The molecule has 0 atom stereocenters. The molecule has 0 saturated heterocycles. The zero-order valence-corrected chi connectivity index (χ0v) is 23.3. The van der Waals surface area contributed by atoms with Crippen LogP contribution >= 0.6 is 0 Å². The smallest absolute Gasteiger partial charge is 0.196 e. The first kappa shape index (κ1) is 30.2. The summed E-state index contributed by atoms with van der Waals surface area (Å²) < 4.78 is 37.7. The quantitative estimate of drug-likeness (QED) is 0.259. The number of pyridine rings is 3. The van der Waals surface area contributed by atoms with E-state index < -0.39 is 0 Å². The number of allylic oxidation sites excluding steroid dienone is 9. The maximum atomic E-state index is 12.6. The normalized spacial score (nSPS) is 15.5. The Balaban J connectivity index is 0.000000163. The fourth-order valence-corrected chi connectivity index (χ4v) is 3.26. The zero-order chi connectivity index (χ0) is 27.3. The van der Waals surface area contributed by atoms with Crippen LogP contribution in [-0.4, -0.2) is 15.0 Å². The molecule has 3 heterocycles. The molecule has 0 amide bonds.